The minimum Gasteiger partial charge on any atom is -0.484 e. The summed E-state index contributed by atoms with van der Waals surface area (Å²) in [6, 6.07) is 5.51. The third-order valence-electron chi connectivity index (χ3n) is 2.84. The highest BCUT2D eigenvalue weighted by atomic mass is 35.5. The van der Waals surface area contributed by atoms with E-state index in [-0.39, 0.29) is 18.3 Å². The van der Waals surface area contributed by atoms with E-state index >= 15 is 0 Å². The Labute approximate surface area is 106 Å². The van der Waals surface area contributed by atoms with Gasteiger partial charge < -0.3 is 9.47 Å². The normalized spacial score (nSPS) is 19.3. The summed E-state index contributed by atoms with van der Waals surface area (Å²) in [5.74, 6) is 0.637. The molecule has 4 heteroatoms. The van der Waals surface area contributed by atoms with Crippen molar-refractivity contribution in [3.05, 3.63) is 28.8 Å². The quantitative estimate of drug-likeness (QED) is 0.829. The Morgan fingerprint density at radius 3 is 3.12 bits per heavy atom. The fraction of sp³-hybridized carbons (Fsp3) is 0.462. The third kappa shape index (κ3) is 3.20. The molecule has 1 aliphatic rings. The molecule has 1 saturated heterocycles. The monoisotopic (exact) mass is 254 g/mol. The van der Waals surface area contributed by atoms with E-state index in [0.29, 0.717) is 24.0 Å². The van der Waals surface area contributed by atoms with Crippen LogP contribution in [0.2, 0.25) is 5.02 Å². The maximum Gasteiger partial charge on any atom is 0.175 e. The van der Waals surface area contributed by atoms with E-state index in [2.05, 4.69) is 0 Å². The van der Waals surface area contributed by atoms with Gasteiger partial charge in [0.2, 0.25) is 0 Å². The number of ether oxygens (including phenoxy) is 2. The van der Waals surface area contributed by atoms with Crippen molar-refractivity contribution in [1.82, 2.24) is 0 Å². The van der Waals surface area contributed by atoms with Crippen LogP contribution in [-0.2, 0) is 9.53 Å². The van der Waals surface area contributed by atoms with E-state index in [1.165, 1.54) is 0 Å². The second kappa shape index (κ2) is 5.52. The first-order chi connectivity index (χ1) is 8.16. The number of benzene rings is 1. The van der Waals surface area contributed by atoms with Gasteiger partial charge in [0, 0.05) is 12.5 Å². The fourth-order valence-corrected chi connectivity index (χ4v) is 1.95. The van der Waals surface area contributed by atoms with Crippen LogP contribution in [0.25, 0.3) is 0 Å². The molecule has 0 saturated carbocycles. The minimum atomic E-state index is -0.0152. The summed E-state index contributed by atoms with van der Waals surface area (Å²) in [4.78, 5) is 11.8. The first-order valence-corrected chi connectivity index (χ1v) is 6.04. The standard InChI is InChI=1S/C13H15ClO3/c1-9-2-3-11(14)13(6-9)17-8-12(15)10-4-5-16-7-10/h2-3,6,10H,4-5,7-8H2,1H3. The molecule has 0 N–H and O–H groups in total. The molecule has 1 aliphatic heterocycles. The van der Waals surface area contributed by atoms with Gasteiger partial charge in [-0.05, 0) is 31.0 Å². The van der Waals surface area contributed by atoms with Gasteiger partial charge >= 0.3 is 0 Å². The van der Waals surface area contributed by atoms with Crippen molar-refractivity contribution < 1.29 is 14.3 Å². The average molecular weight is 255 g/mol. The number of rotatable bonds is 4. The molecule has 2 rings (SSSR count). The summed E-state index contributed by atoms with van der Waals surface area (Å²) in [6.07, 6.45) is 0.795. The maximum atomic E-state index is 11.8. The Bertz CT molecular complexity index is 411. The number of Topliss-reactive ketones (excluding diaryl/α,β-unsaturated/α-hetero) is 1. The first kappa shape index (κ1) is 12.4. The minimum absolute atomic E-state index is 0.0152. The Morgan fingerprint density at radius 2 is 2.41 bits per heavy atom. The Morgan fingerprint density at radius 1 is 1.59 bits per heavy atom. The molecule has 1 aromatic carbocycles. The van der Waals surface area contributed by atoms with Gasteiger partial charge in [-0.3, -0.25) is 4.79 Å². The molecule has 0 aromatic heterocycles. The maximum absolute atomic E-state index is 11.8. The third-order valence-corrected chi connectivity index (χ3v) is 3.15. The number of hydrogen-bond donors (Lipinski definition) is 0. The highest BCUT2D eigenvalue weighted by Crippen LogP contribution is 2.25. The zero-order valence-corrected chi connectivity index (χ0v) is 10.5. The molecule has 1 heterocycles. The van der Waals surface area contributed by atoms with E-state index in [1.807, 2.05) is 19.1 Å². The van der Waals surface area contributed by atoms with Crippen LogP contribution in [-0.4, -0.2) is 25.6 Å². The molecule has 1 atom stereocenters. The second-order valence-electron chi connectivity index (χ2n) is 4.25. The summed E-state index contributed by atoms with van der Waals surface area (Å²) >= 11 is 5.98. The smallest absolute Gasteiger partial charge is 0.175 e. The van der Waals surface area contributed by atoms with Crippen molar-refractivity contribution in [3.8, 4) is 5.75 Å². The lowest BCUT2D eigenvalue weighted by Gasteiger charge is -2.10. The molecule has 1 fully saturated rings. The Balaban J connectivity index is 1.92. The molecule has 0 aliphatic carbocycles. The first-order valence-electron chi connectivity index (χ1n) is 5.66. The molecule has 3 nitrogen and oxygen atoms in total. The van der Waals surface area contributed by atoms with Crippen LogP contribution < -0.4 is 4.74 Å². The molecule has 0 bridgehead atoms. The van der Waals surface area contributed by atoms with Crippen LogP contribution >= 0.6 is 11.6 Å². The molecule has 0 radical (unpaired) electrons. The largest absolute Gasteiger partial charge is 0.484 e. The van der Waals surface area contributed by atoms with Crippen LogP contribution in [0.1, 0.15) is 12.0 Å². The molecule has 92 valence electrons. The number of carbonyl (C=O) groups is 1. The number of halogens is 1. The van der Waals surface area contributed by atoms with Gasteiger partial charge in [0.15, 0.2) is 5.78 Å². The number of hydrogen-bond acceptors (Lipinski definition) is 3. The van der Waals surface area contributed by atoms with Gasteiger partial charge in [0.1, 0.15) is 12.4 Å². The van der Waals surface area contributed by atoms with Crippen LogP contribution in [0, 0.1) is 12.8 Å². The van der Waals surface area contributed by atoms with Crippen molar-refractivity contribution in [2.24, 2.45) is 5.92 Å². The van der Waals surface area contributed by atoms with Crippen molar-refractivity contribution in [1.29, 1.82) is 0 Å². The Hall–Kier alpha value is -1.06. The number of carbonyl (C=O) groups excluding carboxylic acids is 1. The van der Waals surface area contributed by atoms with Crippen LogP contribution in [0.5, 0.6) is 5.75 Å². The zero-order valence-electron chi connectivity index (χ0n) is 9.74. The van der Waals surface area contributed by atoms with Crippen LogP contribution in [0.15, 0.2) is 18.2 Å². The van der Waals surface area contributed by atoms with Gasteiger partial charge in [0.05, 0.1) is 11.6 Å². The highest BCUT2D eigenvalue weighted by Gasteiger charge is 2.23. The lowest BCUT2D eigenvalue weighted by Crippen LogP contribution is -2.21. The lowest BCUT2D eigenvalue weighted by molar-refractivity contribution is -0.124. The topological polar surface area (TPSA) is 35.5 Å². The molecule has 17 heavy (non-hydrogen) atoms. The lowest BCUT2D eigenvalue weighted by atomic mass is 10.0. The number of aryl methyl sites for hydroxylation is 1. The van der Waals surface area contributed by atoms with E-state index in [1.54, 1.807) is 6.07 Å². The number of ketones is 1. The van der Waals surface area contributed by atoms with Crippen molar-refractivity contribution >= 4 is 17.4 Å². The summed E-state index contributed by atoms with van der Waals surface area (Å²) in [6.45, 7) is 3.21. The fourth-order valence-electron chi connectivity index (χ4n) is 1.78. The summed E-state index contributed by atoms with van der Waals surface area (Å²) < 4.78 is 10.6. The van der Waals surface area contributed by atoms with Gasteiger partial charge in [-0.1, -0.05) is 17.7 Å². The molecule has 1 aromatic rings. The van der Waals surface area contributed by atoms with E-state index in [0.717, 1.165) is 12.0 Å². The Kier molecular flexibility index (Phi) is 4.02. The van der Waals surface area contributed by atoms with E-state index in [9.17, 15) is 4.79 Å². The van der Waals surface area contributed by atoms with Gasteiger partial charge in [-0.25, -0.2) is 0 Å². The molecular formula is C13H15ClO3. The summed E-state index contributed by atoms with van der Waals surface area (Å²) in [5, 5.41) is 0.533. The van der Waals surface area contributed by atoms with Crippen molar-refractivity contribution in [2.75, 3.05) is 19.8 Å². The predicted molar refractivity (Wildman–Crippen MR) is 65.6 cm³/mol. The molecule has 1 unspecified atom stereocenters. The van der Waals surface area contributed by atoms with E-state index in [4.69, 9.17) is 21.1 Å². The SMILES string of the molecule is Cc1ccc(Cl)c(OCC(=O)C2CCOC2)c1. The average Bonchev–Trinajstić information content (AvgIpc) is 2.83. The van der Waals surface area contributed by atoms with Gasteiger partial charge in [0.25, 0.3) is 0 Å². The molecule has 0 amide bonds. The molecular weight excluding hydrogens is 240 g/mol. The highest BCUT2D eigenvalue weighted by molar-refractivity contribution is 6.32. The summed E-state index contributed by atoms with van der Waals surface area (Å²) in [5.41, 5.74) is 1.06. The van der Waals surface area contributed by atoms with Crippen molar-refractivity contribution in [3.63, 3.8) is 0 Å². The zero-order chi connectivity index (χ0) is 12.3. The predicted octanol–water partition coefficient (Wildman–Crippen LogP) is 2.63. The van der Waals surface area contributed by atoms with Crippen LogP contribution in [0.3, 0.4) is 0 Å². The second-order valence-corrected chi connectivity index (χ2v) is 4.66. The summed E-state index contributed by atoms with van der Waals surface area (Å²) in [7, 11) is 0. The van der Waals surface area contributed by atoms with Crippen molar-refractivity contribution in [2.45, 2.75) is 13.3 Å². The van der Waals surface area contributed by atoms with Gasteiger partial charge in [-0.2, -0.15) is 0 Å². The molecule has 0 spiro atoms. The van der Waals surface area contributed by atoms with Crippen LogP contribution in [0.4, 0.5) is 0 Å². The van der Waals surface area contributed by atoms with E-state index < -0.39 is 0 Å². The van der Waals surface area contributed by atoms with Gasteiger partial charge in [-0.15, -0.1) is 0 Å².